The summed E-state index contributed by atoms with van der Waals surface area (Å²) >= 11 is 0. The van der Waals surface area contributed by atoms with Crippen LogP contribution in [0.3, 0.4) is 0 Å². The summed E-state index contributed by atoms with van der Waals surface area (Å²) in [5.74, 6) is -2.41. The maximum atomic E-state index is 13.8. The first-order valence-corrected chi connectivity index (χ1v) is 8.34. The number of fused-ring (bicyclic) bond motifs is 2. The lowest BCUT2D eigenvalue weighted by Crippen LogP contribution is -2.33. The largest absolute Gasteiger partial charge is 0.324 e. The fraction of sp³-hybridized carbons (Fsp3) is 0.100. The summed E-state index contributed by atoms with van der Waals surface area (Å²) in [5, 5.41) is 3.63. The fourth-order valence-electron chi connectivity index (χ4n) is 3.13. The lowest BCUT2D eigenvalue weighted by atomic mass is 10.1. The molecule has 0 bridgehead atoms. The SMILES string of the molecule is O=C(CCN1C(=O)c2cccc(F)c2C1=O)Nc1cccc2cccnc12. The number of pyridine rings is 1. The van der Waals surface area contributed by atoms with Gasteiger partial charge in [0.15, 0.2) is 0 Å². The summed E-state index contributed by atoms with van der Waals surface area (Å²) < 4.78 is 13.8. The Labute approximate surface area is 153 Å². The van der Waals surface area contributed by atoms with Gasteiger partial charge in [0.05, 0.1) is 22.3 Å². The molecule has 3 amide bonds. The van der Waals surface area contributed by atoms with E-state index in [4.69, 9.17) is 0 Å². The van der Waals surface area contributed by atoms with Crippen molar-refractivity contribution in [3.05, 3.63) is 71.7 Å². The van der Waals surface area contributed by atoms with Gasteiger partial charge in [-0.15, -0.1) is 0 Å². The molecule has 0 spiro atoms. The lowest BCUT2D eigenvalue weighted by Gasteiger charge is -2.14. The van der Waals surface area contributed by atoms with Crippen LogP contribution in [0.15, 0.2) is 54.7 Å². The number of aromatic nitrogens is 1. The molecule has 1 aliphatic rings. The minimum absolute atomic E-state index is 0.0265. The third-order valence-corrected chi connectivity index (χ3v) is 4.42. The molecule has 0 aliphatic carbocycles. The summed E-state index contributed by atoms with van der Waals surface area (Å²) in [6.07, 6.45) is 1.53. The number of hydrogen-bond donors (Lipinski definition) is 1. The van der Waals surface area contributed by atoms with Gasteiger partial charge in [-0.3, -0.25) is 24.3 Å². The molecule has 134 valence electrons. The number of nitrogens with one attached hydrogen (secondary N) is 1. The zero-order valence-electron chi connectivity index (χ0n) is 14.1. The molecule has 2 heterocycles. The van der Waals surface area contributed by atoms with Gasteiger partial charge in [0.2, 0.25) is 5.91 Å². The van der Waals surface area contributed by atoms with Crippen molar-refractivity contribution in [3.63, 3.8) is 0 Å². The molecule has 0 saturated heterocycles. The quantitative estimate of drug-likeness (QED) is 0.723. The number of amides is 3. The molecular weight excluding hydrogens is 349 g/mol. The molecule has 0 unspecified atom stereocenters. The van der Waals surface area contributed by atoms with Crippen molar-refractivity contribution in [1.29, 1.82) is 0 Å². The highest BCUT2D eigenvalue weighted by Gasteiger charge is 2.37. The Bertz CT molecular complexity index is 1090. The number of hydrogen-bond acceptors (Lipinski definition) is 4. The van der Waals surface area contributed by atoms with Crippen LogP contribution in [-0.2, 0) is 4.79 Å². The first kappa shape index (κ1) is 16.8. The summed E-state index contributed by atoms with van der Waals surface area (Å²) in [5.41, 5.74) is 0.988. The van der Waals surface area contributed by atoms with Gasteiger partial charge < -0.3 is 5.32 Å². The highest BCUT2D eigenvalue weighted by Crippen LogP contribution is 2.25. The van der Waals surface area contributed by atoms with Crippen LogP contribution in [0.25, 0.3) is 10.9 Å². The number of carbonyl (C=O) groups is 3. The van der Waals surface area contributed by atoms with E-state index in [1.807, 2.05) is 12.1 Å². The topological polar surface area (TPSA) is 79.4 Å². The van der Waals surface area contributed by atoms with E-state index in [0.717, 1.165) is 16.4 Å². The molecule has 0 radical (unpaired) electrons. The summed E-state index contributed by atoms with van der Waals surface area (Å²) in [6, 6.07) is 13.0. The Balaban J connectivity index is 1.47. The highest BCUT2D eigenvalue weighted by atomic mass is 19.1. The number of anilines is 1. The Morgan fingerprint density at radius 3 is 2.63 bits per heavy atom. The van der Waals surface area contributed by atoms with Crippen LogP contribution in [0.5, 0.6) is 0 Å². The van der Waals surface area contributed by atoms with Gasteiger partial charge in [0.25, 0.3) is 11.8 Å². The Hall–Kier alpha value is -3.61. The smallest absolute Gasteiger partial charge is 0.264 e. The van der Waals surface area contributed by atoms with Crippen molar-refractivity contribution in [2.45, 2.75) is 6.42 Å². The second kappa shape index (κ2) is 6.60. The molecule has 4 rings (SSSR count). The Kier molecular flexibility index (Phi) is 4.12. The number of carbonyl (C=O) groups excluding carboxylic acids is 3. The van der Waals surface area contributed by atoms with Gasteiger partial charge in [0.1, 0.15) is 5.82 Å². The third-order valence-electron chi connectivity index (χ3n) is 4.42. The van der Waals surface area contributed by atoms with Gasteiger partial charge in [-0.05, 0) is 24.3 Å². The van der Waals surface area contributed by atoms with Gasteiger partial charge in [0, 0.05) is 24.5 Å². The molecule has 3 aromatic rings. The number of nitrogens with zero attached hydrogens (tertiary/aromatic N) is 2. The molecule has 1 N–H and O–H groups in total. The normalized spacial score (nSPS) is 13.1. The highest BCUT2D eigenvalue weighted by molar-refractivity contribution is 6.21. The van der Waals surface area contributed by atoms with E-state index >= 15 is 0 Å². The van der Waals surface area contributed by atoms with E-state index in [9.17, 15) is 18.8 Å². The Morgan fingerprint density at radius 2 is 1.81 bits per heavy atom. The number of rotatable bonds is 4. The van der Waals surface area contributed by atoms with Gasteiger partial charge in [-0.2, -0.15) is 0 Å². The minimum atomic E-state index is -0.736. The first-order chi connectivity index (χ1) is 13.1. The molecule has 7 heteroatoms. The number of imide groups is 1. The molecular formula is C20H14FN3O3. The summed E-state index contributed by atoms with van der Waals surface area (Å²) in [4.78, 5) is 42.1. The van der Waals surface area contributed by atoms with Crippen molar-refractivity contribution < 1.29 is 18.8 Å². The number of benzene rings is 2. The second-order valence-electron chi connectivity index (χ2n) is 6.10. The van der Waals surface area contributed by atoms with E-state index in [2.05, 4.69) is 10.3 Å². The van der Waals surface area contributed by atoms with Crippen LogP contribution in [0.2, 0.25) is 0 Å². The van der Waals surface area contributed by atoms with Crippen LogP contribution in [-0.4, -0.2) is 34.2 Å². The van der Waals surface area contributed by atoms with Crippen LogP contribution in [0.1, 0.15) is 27.1 Å². The van der Waals surface area contributed by atoms with E-state index in [0.29, 0.717) is 11.2 Å². The third kappa shape index (κ3) is 2.93. The predicted octanol–water partition coefficient (Wildman–Crippen LogP) is 3.00. The van der Waals surface area contributed by atoms with Gasteiger partial charge >= 0.3 is 0 Å². The van der Waals surface area contributed by atoms with Crippen molar-refractivity contribution in [1.82, 2.24) is 9.88 Å². The molecule has 0 atom stereocenters. The van der Waals surface area contributed by atoms with Gasteiger partial charge in [-0.1, -0.05) is 24.3 Å². The predicted molar refractivity (Wildman–Crippen MR) is 96.8 cm³/mol. The fourth-order valence-corrected chi connectivity index (χ4v) is 3.13. The summed E-state index contributed by atoms with van der Waals surface area (Å²) in [6.45, 7) is -0.129. The Morgan fingerprint density at radius 1 is 1.04 bits per heavy atom. The second-order valence-corrected chi connectivity index (χ2v) is 6.10. The molecule has 0 saturated carbocycles. The van der Waals surface area contributed by atoms with Crippen molar-refractivity contribution in [2.75, 3.05) is 11.9 Å². The summed E-state index contributed by atoms with van der Waals surface area (Å²) in [7, 11) is 0. The van der Waals surface area contributed by atoms with Crippen LogP contribution >= 0.6 is 0 Å². The van der Waals surface area contributed by atoms with Crippen LogP contribution < -0.4 is 5.32 Å². The average molecular weight is 363 g/mol. The molecule has 2 aromatic carbocycles. The first-order valence-electron chi connectivity index (χ1n) is 8.34. The van der Waals surface area contributed by atoms with Crippen LogP contribution in [0.4, 0.5) is 10.1 Å². The molecule has 27 heavy (non-hydrogen) atoms. The molecule has 0 fully saturated rings. The monoisotopic (exact) mass is 363 g/mol. The molecule has 1 aromatic heterocycles. The zero-order chi connectivity index (χ0) is 19.0. The molecule has 6 nitrogen and oxygen atoms in total. The van der Waals surface area contributed by atoms with E-state index in [1.54, 1.807) is 24.4 Å². The van der Waals surface area contributed by atoms with E-state index < -0.39 is 17.6 Å². The maximum Gasteiger partial charge on any atom is 0.264 e. The minimum Gasteiger partial charge on any atom is -0.324 e. The van der Waals surface area contributed by atoms with Crippen molar-refractivity contribution >= 4 is 34.3 Å². The van der Waals surface area contributed by atoms with Crippen molar-refractivity contribution in [2.24, 2.45) is 0 Å². The zero-order valence-corrected chi connectivity index (χ0v) is 14.1. The maximum absolute atomic E-state index is 13.8. The number of halogens is 1. The van der Waals surface area contributed by atoms with E-state index in [-0.39, 0.29) is 30.0 Å². The standard InChI is InChI=1S/C20H14FN3O3/c21-14-7-2-6-13-17(14)20(27)24(19(13)26)11-9-16(25)23-15-8-1-4-12-5-3-10-22-18(12)15/h1-8,10H,9,11H2,(H,23,25). The van der Waals surface area contributed by atoms with E-state index in [1.165, 1.54) is 12.1 Å². The molecule has 1 aliphatic heterocycles. The van der Waals surface area contributed by atoms with Crippen molar-refractivity contribution in [3.8, 4) is 0 Å². The lowest BCUT2D eigenvalue weighted by molar-refractivity contribution is -0.116. The van der Waals surface area contributed by atoms with Gasteiger partial charge in [-0.25, -0.2) is 4.39 Å². The average Bonchev–Trinajstić information content (AvgIpc) is 2.92. The number of para-hydroxylation sites is 1. The van der Waals surface area contributed by atoms with Crippen LogP contribution in [0, 0.1) is 5.82 Å².